The second-order valence-corrected chi connectivity index (χ2v) is 6.70. The average molecular weight is 334 g/mol. The highest BCUT2D eigenvalue weighted by molar-refractivity contribution is 7.89. The lowest BCUT2D eigenvalue weighted by atomic mass is 10.2. The predicted molar refractivity (Wildman–Crippen MR) is 86.8 cm³/mol. The van der Waals surface area contributed by atoms with Crippen LogP contribution in [0, 0.1) is 0 Å². The Balaban J connectivity index is 1.93. The molecule has 0 fully saturated rings. The minimum atomic E-state index is -3.45. The molecular formula is C15H18N4O3S. The summed E-state index contributed by atoms with van der Waals surface area (Å²) in [5.74, 6) is -0.248. The van der Waals surface area contributed by atoms with Gasteiger partial charge in [0, 0.05) is 19.3 Å². The zero-order chi connectivity index (χ0) is 16.9. The average Bonchev–Trinajstić information content (AvgIpc) is 2.97. The maximum absolute atomic E-state index is 11.7. The molecule has 7 nitrogen and oxygen atoms in total. The number of amides is 1. The number of hydrogen-bond donors (Lipinski definition) is 2. The van der Waals surface area contributed by atoms with Crippen molar-refractivity contribution in [1.82, 2.24) is 19.8 Å². The molecule has 122 valence electrons. The largest absolute Gasteiger partial charge is 0.347 e. The summed E-state index contributed by atoms with van der Waals surface area (Å²) in [7, 11) is -0.281. The van der Waals surface area contributed by atoms with Crippen molar-refractivity contribution in [2.45, 2.75) is 11.4 Å². The summed E-state index contributed by atoms with van der Waals surface area (Å²) in [5, 5.41) is 6.88. The van der Waals surface area contributed by atoms with E-state index in [2.05, 4.69) is 15.1 Å². The van der Waals surface area contributed by atoms with Crippen LogP contribution < -0.4 is 10.0 Å². The van der Waals surface area contributed by atoms with E-state index in [1.54, 1.807) is 29.1 Å². The summed E-state index contributed by atoms with van der Waals surface area (Å²) < 4.78 is 27.1. The summed E-state index contributed by atoms with van der Waals surface area (Å²) in [6.07, 6.45) is 4.81. The molecule has 0 unspecified atom stereocenters. The van der Waals surface area contributed by atoms with Gasteiger partial charge in [-0.1, -0.05) is 12.1 Å². The Bertz CT molecular complexity index is 808. The monoisotopic (exact) mass is 334 g/mol. The van der Waals surface area contributed by atoms with Gasteiger partial charge in [-0.05, 0) is 36.9 Å². The number of benzene rings is 1. The van der Waals surface area contributed by atoms with Gasteiger partial charge in [-0.2, -0.15) is 5.10 Å². The summed E-state index contributed by atoms with van der Waals surface area (Å²) in [6, 6.07) is 8.05. The van der Waals surface area contributed by atoms with Crippen molar-refractivity contribution in [3.05, 3.63) is 53.9 Å². The van der Waals surface area contributed by atoms with Crippen LogP contribution in [0.3, 0.4) is 0 Å². The number of carbonyl (C=O) groups excluding carboxylic acids is 1. The molecule has 23 heavy (non-hydrogen) atoms. The molecule has 2 rings (SSSR count). The van der Waals surface area contributed by atoms with Crippen LogP contribution in [-0.4, -0.2) is 31.2 Å². The van der Waals surface area contributed by atoms with Crippen molar-refractivity contribution in [2.75, 3.05) is 7.05 Å². The van der Waals surface area contributed by atoms with Crippen LogP contribution in [0.15, 0.2) is 47.5 Å². The molecule has 1 heterocycles. The lowest BCUT2D eigenvalue weighted by Crippen LogP contribution is -2.20. The SMILES string of the molecule is CNS(=O)(=O)c1ccc(/C=C/C(=O)NCc2ccn(C)n2)cc1. The first-order chi connectivity index (χ1) is 10.9. The molecule has 2 aromatic rings. The van der Waals surface area contributed by atoms with Gasteiger partial charge in [0.05, 0.1) is 17.1 Å². The van der Waals surface area contributed by atoms with Gasteiger partial charge < -0.3 is 5.32 Å². The van der Waals surface area contributed by atoms with Gasteiger partial charge in [0.15, 0.2) is 0 Å². The Morgan fingerprint density at radius 1 is 1.26 bits per heavy atom. The zero-order valence-corrected chi connectivity index (χ0v) is 13.7. The zero-order valence-electron chi connectivity index (χ0n) is 12.9. The van der Waals surface area contributed by atoms with E-state index in [1.165, 1.54) is 25.3 Å². The van der Waals surface area contributed by atoms with E-state index in [0.29, 0.717) is 6.54 Å². The number of hydrogen-bond acceptors (Lipinski definition) is 4. The maximum Gasteiger partial charge on any atom is 0.244 e. The van der Waals surface area contributed by atoms with E-state index in [9.17, 15) is 13.2 Å². The number of nitrogens with one attached hydrogen (secondary N) is 2. The Labute approximate surface area is 135 Å². The third-order valence-electron chi connectivity index (χ3n) is 3.10. The van der Waals surface area contributed by atoms with Crippen LogP contribution in [0.4, 0.5) is 0 Å². The second-order valence-electron chi connectivity index (χ2n) is 4.81. The number of nitrogens with zero attached hydrogens (tertiary/aromatic N) is 2. The lowest BCUT2D eigenvalue weighted by molar-refractivity contribution is -0.116. The number of rotatable bonds is 6. The number of aromatic nitrogens is 2. The molecule has 0 aliphatic heterocycles. The van der Waals surface area contributed by atoms with Crippen molar-refractivity contribution in [3.63, 3.8) is 0 Å². The van der Waals surface area contributed by atoms with E-state index in [1.807, 2.05) is 13.1 Å². The van der Waals surface area contributed by atoms with Crippen molar-refractivity contribution < 1.29 is 13.2 Å². The third kappa shape index (κ3) is 4.76. The van der Waals surface area contributed by atoms with Crippen LogP contribution >= 0.6 is 0 Å². The normalized spacial score (nSPS) is 11.7. The Morgan fingerprint density at radius 3 is 2.52 bits per heavy atom. The molecule has 0 radical (unpaired) electrons. The Kier molecular flexibility index (Phi) is 5.30. The fourth-order valence-corrected chi connectivity index (χ4v) is 2.57. The highest BCUT2D eigenvalue weighted by Crippen LogP contribution is 2.11. The molecule has 0 atom stereocenters. The number of carbonyl (C=O) groups is 1. The molecule has 1 aromatic heterocycles. The minimum Gasteiger partial charge on any atom is -0.347 e. The molecule has 0 spiro atoms. The van der Waals surface area contributed by atoms with Gasteiger partial charge in [0.2, 0.25) is 15.9 Å². The smallest absolute Gasteiger partial charge is 0.244 e. The quantitative estimate of drug-likeness (QED) is 0.759. The Hall–Kier alpha value is -2.45. The molecule has 0 bridgehead atoms. The molecule has 8 heteroatoms. The fraction of sp³-hybridized carbons (Fsp3) is 0.200. The van der Waals surface area contributed by atoms with Crippen LogP contribution in [0.1, 0.15) is 11.3 Å². The highest BCUT2D eigenvalue weighted by Gasteiger charge is 2.09. The molecule has 1 aromatic carbocycles. The topological polar surface area (TPSA) is 93.1 Å². The van der Waals surface area contributed by atoms with E-state index >= 15 is 0 Å². The first kappa shape index (κ1) is 16.9. The minimum absolute atomic E-state index is 0.178. The van der Waals surface area contributed by atoms with Gasteiger partial charge >= 0.3 is 0 Å². The van der Waals surface area contributed by atoms with Crippen molar-refractivity contribution >= 4 is 22.0 Å². The number of aryl methyl sites for hydroxylation is 1. The second kappa shape index (κ2) is 7.21. The van der Waals surface area contributed by atoms with Crippen LogP contribution in [0.2, 0.25) is 0 Å². The molecular weight excluding hydrogens is 316 g/mol. The van der Waals surface area contributed by atoms with Gasteiger partial charge in [-0.3, -0.25) is 9.48 Å². The summed E-state index contributed by atoms with van der Waals surface area (Å²) in [5.41, 5.74) is 1.50. The van der Waals surface area contributed by atoms with Crippen molar-refractivity contribution in [2.24, 2.45) is 7.05 Å². The van der Waals surface area contributed by atoms with E-state index in [0.717, 1.165) is 11.3 Å². The molecule has 0 aliphatic carbocycles. The molecule has 0 aliphatic rings. The standard InChI is InChI=1S/C15H18N4O3S/c1-16-23(21,22)14-6-3-12(4-7-14)5-8-15(20)17-11-13-9-10-19(2)18-13/h3-10,16H,11H2,1-2H3,(H,17,20)/b8-5+. The Morgan fingerprint density at radius 2 is 1.96 bits per heavy atom. The molecule has 0 saturated carbocycles. The van der Waals surface area contributed by atoms with Crippen molar-refractivity contribution in [3.8, 4) is 0 Å². The number of sulfonamides is 1. The van der Waals surface area contributed by atoms with Gasteiger partial charge in [0.1, 0.15) is 0 Å². The first-order valence-electron chi connectivity index (χ1n) is 6.89. The first-order valence-corrected chi connectivity index (χ1v) is 8.37. The van der Waals surface area contributed by atoms with Gasteiger partial charge in [0.25, 0.3) is 0 Å². The van der Waals surface area contributed by atoms with Gasteiger partial charge in [-0.25, -0.2) is 13.1 Å². The van der Waals surface area contributed by atoms with E-state index in [4.69, 9.17) is 0 Å². The van der Waals surface area contributed by atoms with E-state index in [-0.39, 0.29) is 10.8 Å². The van der Waals surface area contributed by atoms with Crippen LogP contribution in [0.5, 0.6) is 0 Å². The molecule has 0 saturated heterocycles. The summed E-state index contributed by atoms with van der Waals surface area (Å²) >= 11 is 0. The maximum atomic E-state index is 11.7. The third-order valence-corrected chi connectivity index (χ3v) is 4.53. The van der Waals surface area contributed by atoms with Crippen LogP contribution in [-0.2, 0) is 28.4 Å². The van der Waals surface area contributed by atoms with Crippen molar-refractivity contribution in [1.29, 1.82) is 0 Å². The fourth-order valence-electron chi connectivity index (χ4n) is 1.84. The summed E-state index contributed by atoms with van der Waals surface area (Å²) in [4.78, 5) is 11.9. The lowest BCUT2D eigenvalue weighted by Gasteiger charge is -2.02. The van der Waals surface area contributed by atoms with Crippen LogP contribution in [0.25, 0.3) is 6.08 Å². The molecule has 1 amide bonds. The molecule has 2 N–H and O–H groups in total. The van der Waals surface area contributed by atoms with E-state index < -0.39 is 10.0 Å². The highest BCUT2D eigenvalue weighted by atomic mass is 32.2. The predicted octanol–water partition coefficient (Wildman–Crippen LogP) is 0.658. The summed E-state index contributed by atoms with van der Waals surface area (Å²) in [6.45, 7) is 0.351. The van der Waals surface area contributed by atoms with Gasteiger partial charge in [-0.15, -0.1) is 0 Å².